The van der Waals surface area contributed by atoms with Crippen molar-refractivity contribution in [2.75, 3.05) is 26.1 Å². The average molecular weight is 444 g/mol. The van der Waals surface area contributed by atoms with Crippen molar-refractivity contribution in [1.29, 1.82) is 0 Å². The van der Waals surface area contributed by atoms with Crippen LogP contribution in [0.3, 0.4) is 0 Å². The van der Waals surface area contributed by atoms with E-state index in [9.17, 15) is 4.79 Å². The number of aromatic nitrogens is 2. The summed E-state index contributed by atoms with van der Waals surface area (Å²) in [4.78, 5) is 18.2. The molecule has 4 rings (SSSR count). The number of aryl methyl sites for hydroxylation is 1. The lowest BCUT2D eigenvalue weighted by Crippen LogP contribution is -2.26. The molecule has 170 valence electrons. The second-order valence-corrected chi connectivity index (χ2v) is 8.01. The van der Waals surface area contributed by atoms with Crippen molar-refractivity contribution in [3.63, 3.8) is 0 Å². The summed E-state index contributed by atoms with van der Waals surface area (Å²) >= 11 is 0. The molecule has 0 atom stereocenters. The molecule has 0 aliphatic rings. The van der Waals surface area contributed by atoms with Gasteiger partial charge < -0.3 is 14.8 Å². The number of ether oxygens (including phenoxy) is 2. The molecule has 6 nitrogen and oxygen atoms in total. The van der Waals surface area contributed by atoms with Crippen LogP contribution in [-0.4, -0.2) is 30.3 Å². The zero-order valence-corrected chi connectivity index (χ0v) is 19.3. The van der Waals surface area contributed by atoms with Crippen LogP contribution in [-0.2, 0) is 13.0 Å². The predicted molar refractivity (Wildman–Crippen MR) is 133 cm³/mol. The Bertz CT molecular complexity index is 1300. The predicted octanol–water partition coefficient (Wildman–Crippen LogP) is 4.82. The van der Waals surface area contributed by atoms with E-state index in [0.29, 0.717) is 35.4 Å². The molecule has 0 saturated heterocycles. The second-order valence-electron chi connectivity index (χ2n) is 8.01. The van der Waals surface area contributed by atoms with Gasteiger partial charge in [-0.1, -0.05) is 35.9 Å². The first-order chi connectivity index (χ1) is 16.1. The van der Waals surface area contributed by atoms with Gasteiger partial charge in [0, 0.05) is 25.2 Å². The van der Waals surface area contributed by atoms with Crippen LogP contribution in [0.1, 0.15) is 23.4 Å². The molecular formula is C27H29N3O3. The van der Waals surface area contributed by atoms with Crippen LogP contribution in [0.15, 0.2) is 71.5 Å². The van der Waals surface area contributed by atoms with E-state index in [-0.39, 0.29) is 5.56 Å². The van der Waals surface area contributed by atoms with Gasteiger partial charge in [-0.3, -0.25) is 9.36 Å². The third kappa shape index (κ3) is 5.17. The average Bonchev–Trinajstić information content (AvgIpc) is 2.84. The van der Waals surface area contributed by atoms with E-state index in [2.05, 4.69) is 36.5 Å². The highest BCUT2D eigenvalue weighted by molar-refractivity contribution is 5.77. The maximum atomic E-state index is 13.3. The highest BCUT2D eigenvalue weighted by atomic mass is 16.5. The number of anilines is 1. The molecule has 1 heterocycles. The quantitative estimate of drug-likeness (QED) is 0.376. The van der Waals surface area contributed by atoms with E-state index < -0.39 is 0 Å². The van der Waals surface area contributed by atoms with E-state index in [1.54, 1.807) is 18.8 Å². The SMILES string of the molecule is COc1ccc(Cc2nc3ccccc3c(=O)n2CCCNc2ccc(C)cc2)cc1OC. The van der Waals surface area contributed by atoms with E-state index in [1.165, 1.54) is 5.56 Å². The number of methoxy groups -OCH3 is 2. The van der Waals surface area contributed by atoms with Gasteiger partial charge in [-0.2, -0.15) is 0 Å². The molecule has 3 aromatic carbocycles. The van der Waals surface area contributed by atoms with Gasteiger partial charge in [-0.25, -0.2) is 4.98 Å². The summed E-state index contributed by atoms with van der Waals surface area (Å²) in [5, 5.41) is 4.07. The van der Waals surface area contributed by atoms with Crippen molar-refractivity contribution in [3.8, 4) is 11.5 Å². The monoisotopic (exact) mass is 443 g/mol. The molecule has 6 heteroatoms. The summed E-state index contributed by atoms with van der Waals surface area (Å²) in [6.07, 6.45) is 1.32. The third-order valence-electron chi connectivity index (χ3n) is 5.69. The minimum Gasteiger partial charge on any atom is -0.493 e. The summed E-state index contributed by atoms with van der Waals surface area (Å²) in [6, 6.07) is 21.6. The number of benzene rings is 3. The highest BCUT2D eigenvalue weighted by Crippen LogP contribution is 2.28. The van der Waals surface area contributed by atoms with E-state index in [0.717, 1.165) is 30.0 Å². The Hall–Kier alpha value is -3.80. The third-order valence-corrected chi connectivity index (χ3v) is 5.69. The van der Waals surface area contributed by atoms with Crippen molar-refractivity contribution < 1.29 is 9.47 Å². The van der Waals surface area contributed by atoms with Crippen LogP contribution in [0.2, 0.25) is 0 Å². The first-order valence-corrected chi connectivity index (χ1v) is 11.1. The second kappa shape index (κ2) is 10.2. The van der Waals surface area contributed by atoms with Gasteiger partial charge in [0.15, 0.2) is 11.5 Å². The van der Waals surface area contributed by atoms with Crippen LogP contribution in [0.4, 0.5) is 5.69 Å². The van der Waals surface area contributed by atoms with Crippen molar-refractivity contribution >= 4 is 16.6 Å². The standard InChI is InChI=1S/C27H29N3O3/c1-19-9-12-21(13-10-19)28-15-6-16-30-26(29-23-8-5-4-7-22(23)27(30)31)18-20-11-14-24(32-2)25(17-20)33-3/h4-5,7-14,17,28H,6,15-16,18H2,1-3H3. The molecular weight excluding hydrogens is 414 g/mol. The fraction of sp³-hybridized carbons (Fsp3) is 0.259. The molecule has 0 bridgehead atoms. The number of nitrogens with zero attached hydrogens (tertiary/aromatic N) is 2. The van der Waals surface area contributed by atoms with Gasteiger partial charge in [-0.15, -0.1) is 0 Å². The molecule has 0 aliphatic carbocycles. The van der Waals surface area contributed by atoms with Crippen molar-refractivity contribution in [2.24, 2.45) is 0 Å². The van der Waals surface area contributed by atoms with Crippen LogP contribution < -0.4 is 20.3 Å². The Morgan fingerprint density at radius 2 is 1.70 bits per heavy atom. The molecule has 4 aromatic rings. The van der Waals surface area contributed by atoms with Gasteiger partial charge in [0.25, 0.3) is 5.56 Å². The van der Waals surface area contributed by atoms with Crippen LogP contribution in [0.25, 0.3) is 10.9 Å². The Morgan fingerprint density at radius 1 is 0.939 bits per heavy atom. The lowest BCUT2D eigenvalue weighted by atomic mass is 10.1. The van der Waals surface area contributed by atoms with Crippen LogP contribution in [0, 0.1) is 6.92 Å². The summed E-state index contributed by atoms with van der Waals surface area (Å²) in [6.45, 7) is 3.42. The Kier molecular flexibility index (Phi) is 6.93. The number of hydrogen-bond acceptors (Lipinski definition) is 5. The molecule has 1 aromatic heterocycles. The van der Waals surface area contributed by atoms with Crippen molar-refractivity contribution in [2.45, 2.75) is 26.3 Å². The molecule has 1 N–H and O–H groups in total. The topological polar surface area (TPSA) is 65.4 Å². The summed E-state index contributed by atoms with van der Waals surface area (Å²) in [7, 11) is 3.23. The zero-order chi connectivity index (χ0) is 23.2. The normalized spacial score (nSPS) is 10.9. The summed E-state index contributed by atoms with van der Waals surface area (Å²) < 4.78 is 12.6. The Labute approximate surface area is 193 Å². The first-order valence-electron chi connectivity index (χ1n) is 11.1. The van der Waals surface area contributed by atoms with Crippen LogP contribution >= 0.6 is 0 Å². The zero-order valence-electron chi connectivity index (χ0n) is 19.3. The fourth-order valence-electron chi connectivity index (χ4n) is 3.89. The van der Waals surface area contributed by atoms with Crippen molar-refractivity contribution in [3.05, 3.63) is 94.0 Å². The number of fused-ring (bicyclic) bond motifs is 1. The smallest absolute Gasteiger partial charge is 0.261 e. The van der Waals surface area contributed by atoms with Gasteiger partial charge in [-0.05, 0) is 55.3 Å². The number of hydrogen-bond donors (Lipinski definition) is 1. The summed E-state index contributed by atoms with van der Waals surface area (Å²) in [5.41, 5.74) is 4.02. The molecule has 0 radical (unpaired) electrons. The molecule has 0 fully saturated rings. The Morgan fingerprint density at radius 3 is 2.45 bits per heavy atom. The minimum atomic E-state index is -0.00795. The molecule has 0 amide bonds. The fourth-order valence-corrected chi connectivity index (χ4v) is 3.89. The lowest BCUT2D eigenvalue weighted by molar-refractivity contribution is 0.354. The lowest BCUT2D eigenvalue weighted by Gasteiger charge is -2.15. The summed E-state index contributed by atoms with van der Waals surface area (Å²) in [5.74, 6) is 2.07. The van der Waals surface area contributed by atoms with Gasteiger partial charge in [0.1, 0.15) is 5.82 Å². The number of nitrogens with one attached hydrogen (secondary N) is 1. The maximum absolute atomic E-state index is 13.3. The van der Waals surface area contributed by atoms with E-state index >= 15 is 0 Å². The van der Waals surface area contributed by atoms with Gasteiger partial charge in [0.2, 0.25) is 0 Å². The van der Waals surface area contributed by atoms with E-state index in [4.69, 9.17) is 14.5 Å². The largest absolute Gasteiger partial charge is 0.493 e. The maximum Gasteiger partial charge on any atom is 0.261 e. The molecule has 0 aliphatic heterocycles. The van der Waals surface area contributed by atoms with Crippen LogP contribution in [0.5, 0.6) is 11.5 Å². The molecule has 0 unspecified atom stereocenters. The molecule has 33 heavy (non-hydrogen) atoms. The van der Waals surface area contributed by atoms with Gasteiger partial charge in [0.05, 0.1) is 25.1 Å². The minimum absolute atomic E-state index is 0.00795. The van der Waals surface area contributed by atoms with Gasteiger partial charge >= 0.3 is 0 Å². The number of rotatable bonds is 9. The Balaban J connectivity index is 1.59. The molecule has 0 saturated carbocycles. The van der Waals surface area contributed by atoms with E-state index in [1.807, 2.05) is 42.5 Å². The number of para-hydroxylation sites is 1. The molecule has 0 spiro atoms. The van der Waals surface area contributed by atoms with Crippen molar-refractivity contribution in [1.82, 2.24) is 9.55 Å². The highest BCUT2D eigenvalue weighted by Gasteiger charge is 2.13. The first kappa shape index (κ1) is 22.4.